The number of ether oxygens (including phenoxy) is 1. The number of oxime groups is 1. The predicted octanol–water partition coefficient (Wildman–Crippen LogP) is 2.38. The van der Waals surface area contributed by atoms with Crippen LogP contribution in [0.2, 0.25) is 0 Å². The van der Waals surface area contributed by atoms with Gasteiger partial charge in [-0.15, -0.1) is 0 Å². The summed E-state index contributed by atoms with van der Waals surface area (Å²) in [5.41, 5.74) is -1.98. The number of carbonyl (C=O) groups is 1. The Balaban J connectivity index is 2.46. The average Bonchev–Trinajstić information content (AvgIpc) is 2.76. The van der Waals surface area contributed by atoms with Crippen LogP contribution in [0.1, 0.15) is 33.6 Å². The lowest BCUT2D eigenvalue weighted by Gasteiger charge is -2.29. The molecule has 0 radical (unpaired) electrons. The summed E-state index contributed by atoms with van der Waals surface area (Å²) in [6.45, 7) is 5.32. The molecule has 1 aliphatic heterocycles. The number of methoxy groups -OCH3 is 1. The molecular weight excluding hydrogens is 244 g/mol. The molecule has 1 fully saturated rings. The molecule has 4 nitrogen and oxygen atoms in total. The van der Waals surface area contributed by atoms with Gasteiger partial charge in [0.25, 0.3) is 5.92 Å². The van der Waals surface area contributed by atoms with Crippen LogP contribution in [0.25, 0.3) is 0 Å². The maximum absolute atomic E-state index is 14.1. The molecule has 6 heteroatoms. The van der Waals surface area contributed by atoms with Crippen LogP contribution >= 0.6 is 0 Å². The first-order chi connectivity index (χ1) is 8.15. The Hall–Kier alpha value is -1.20. The van der Waals surface area contributed by atoms with Gasteiger partial charge in [-0.3, -0.25) is 0 Å². The maximum Gasteiger partial charge on any atom is 0.354 e. The minimum atomic E-state index is -2.99. The van der Waals surface area contributed by atoms with Gasteiger partial charge in [-0.1, -0.05) is 25.9 Å². The minimum absolute atomic E-state index is 0.0690. The largest absolute Gasteiger partial charge is 0.466 e. The number of esters is 1. The number of rotatable bonds is 1. The van der Waals surface area contributed by atoms with Crippen LogP contribution in [-0.2, 0) is 14.4 Å². The first-order valence-electron chi connectivity index (χ1n) is 5.88. The first-order valence-corrected chi connectivity index (χ1v) is 5.88. The van der Waals surface area contributed by atoms with Crippen molar-refractivity contribution in [3.8, 4) is 0 Å². The third-order valence-electron chi connectivity index (χ3n) is 3.60. The van der Waals surface area contributed by atoms with Gasteiger partial charge in [0.05, 0.1) is 12.8 Å². The van der Waals surface area contributed by atoms with Crippen molar-refractivity contribution in [2.24, 2.45) is 16.5 Å². The molecule has 1 aliphatic carbocycles. The topological polar surface area (TPSA) is 47.9 Å². The van der Waals surface area contributed by atoms with E-state index in [4.69, 9.17) is 4.84 Å². The van der Waals surface area contributed by atoms with Crippen molar-refractivity contribution in [1.29, 1.82) is 0 Å². The number of nitrogens with zero attached hydrogens (tertiary/aromatic N) is 1. The van der Waals surface area contributed by atoms with E-state index in [0.717, 1.165) is 0 Å². The summed E-state index contributed by atoms with van der Waals surface area (Å²) in [4.78, 5) is 16.9. The van der Waals surface area contributed by atoms with E-state index < -0.39 is 28.8 Å². The summed E-state index contributed by atoms with van der Waals surface area (Å²) >= 11 is 0. The van der Waals surface area contributed by atoms with Gasteiger partial charge >= 0.3 is 5.97 Å². The van der Waals surface area contributed by atoms with E-state index in [0.29, 0.717) is 0 Å². The summed E-state index contributed by atoms with van der Waals surface area (Å²) in [7, 11) is 1.17. The van der Waals surface area contributed by atoms with Crippen LogP contribution in [0.15, 0.2) is 5.16 Å². The van der Waals surface area contributed by atoms with Gasteiger partial charge in [-0.05, 0) is 0 Å². The SMILES string of the molecule is COC(=O)C12CCC(F)(F)C1C(C(C)(C)C)=NO2. The van der Waals surface area contributed by atoms with Crippen molar-refractivity contribution < 1.29 is 23.1 Å². The van der Waals surface area contributed by atoms with E-state index in [9.17, 15) is 13.6 Å². The van der Waals surface area contributed by atoms with Gasteiger partial charge < -0.3 is 9.57 Å². The Kier molecular flexibility index (Phi) is 2.68. The van der Waals surface area contributed by atoms with Gasteiger partial charge in [-0.2, -0.15) is 0 Å². The lowest BCUT2D eigenvalue weighted by atomic mass is 9.75. The molecule has 1 heterocycles. The molecule has 18 heavy (non-hydrogen) atoms. The van der Waals surface area contributed by atoms with E-state index in [-0.39, 0.29) is 18.6 Å². The zero-order valence-electron chi connectivity index (χ0n) is 10.9. The van der Waals surface area contributed by atoms with Crippen molar-refractivity contribution in [2.45, 2.75) is 45.1 Å². The van der Waals surface area contributed by atoms with Crippen LogP contribution < -0.4 is 0 Å². The Morgan fingerprint density at radius 2 is 2.06 bits per heavy atom. The predicted molar refractivity (Wildman–Crippen MR) is 60.4 cm³/mol. The Bertz CT molecular complexity index is 414. The fourth-order valence-electron chi connectivity index (χ4n) is 2.68. The molecular formula is C12H17F2NO3. The normalized spacial score (nSPS) is 33.7. The summed E-state index contributed by atoms with van der Waals surface area (Å²) in [6, 6.07) is 0. The number of fused-ring (bicyclic) bond motifs is 1. The van der Waals surface area contributed by atoms with Gasteiger partial charge in [0.2, 0.25) is 5.60 Å². The molecule has 0 amide bonds. The molecule has 0 saturated heterocycles. The Morgan fingerprint density at radius 1 is 1.44 bits per heavy atom. The Labute approximate surface area is 104 Å². The highest BCUT2D eigenvalue weighted by Crippen LogP contribution is 2.55. The third kappa shape index (κ3) is 1.61. The average molecular weight is 261 g/mol. The van der Waals surface area contributed by atoms with E-state index in [2.05, 4.69) is 9.89 Å². The molecule has 2 aliphatic rings. The highest BCUT2D eigenvalue weighted by atomic mass is 19.3. The molecule has 1 saturated carbocycles. The monoisotopic (exact) mass is 261 g/mol. The maximum atomic E-state index is 14.1. The van der Waals surface area contributed by atoms with E-state index in [1.807, 2.05) is 0 Å². The quantitative estimate of drug-likeness (QED) is 0.681. The summed E-state index contributed by atoms with van der Waals surface area (Å²) in [5, 5.41) is 3.76. The lowest BCUT2D eigenvalue weighted by Crippen LogP contribution is -2.50. The van der Waals surface area contributed by atoms with Crippen molar-refractivity contribution in [2.75, 3.05) is 7.11 Å². The second-order valence-corrected chi connectivity index (χ2v) is 5.89. The number of alkyl halides is 2. The molecule has 0 bridgehead atoms. The van der Waals surface area contributed by atoms with E-state index in [1.54, 1.807) is 20.8 Å². The number of halogens is 2. The van der Waals surface area contributed by atoms with Crippen molar-refractivity contribution in [1.82, 2.24) is 0 Å². The minimum Gasteiger partial charge on any atom is -0.466 e. The van der Waals surface area contributed by atoms with Crippen LogP contribution in [0.3, 0.4) is 0 Å². The summed E-state index contributed by atoms with van der Waals surface area (Å²) < 4.78 is 32.7. The van der Waals surface area contributed by atoms with Crippen molar-refractivity contribution in [3.63, 3.8) is 0 Å². The molecule has 0 aromatic rings. The summed E-state index contributed by atoms with van der Waals surface area (Å²) in [6.07, 6.45) is -0.456. The molecule has 0 spiro atoms. The van der Waals surface area contributed by atoms with Gasteiger partial charge in [0.1, 0.15) is 5.92 Å². The third-order valence-corrected chi connectivity index (χ3v) is 3.60. The van der Waals surface area contributed by atoms with Gasteiger partial charge in [0, 0.05) is 18.3 Å². The second-order valence-electron chi connectivity index (χ2n) is 5.89. The zero-order chi connectivity index (χ0) is 13.8. The highest BCUT2D eigenvalue weighted by Gasteiger charge is 2.71. The molecule has 2 atom stereocenters. The molecule has 2 unspecified atom stereocenters. The first kappa shape index (κ1) is 13.2. The van der Waals surface area contributed by atoms with E-state index in [1.165, 1.54) is 7.11 Å². The molecule has 0 aromatic carbocycles. The number of carbonyl (C=O) groups excluding carboxylic acids is 1. The molecule has 0 N–H and O–H groups in total. The fraction of sp³-hybridized carbons (Fsp3) is 0.833. The van der Waals surface area contributed by atoms with Crippen LogP contribution in [0, 0.1) is 11.3 Å². The van der Waals surface area contributed by atoms with Crippen LogP contribution in [-0.4, -0.2) is 30.3 Å². The number of hydrogen-bond donors (Lipinski definition) is 0. The smallest absolute Gasteiger partial charge is 0.354 e. The molecule has 0 aromatic heterocycles. The van der Waals surface area contributed by atoms with Crippen molar-refractivity contribution >= 4 is 11.7 Å². The van der Waals surface area contributed by atoms with Gasteiger partial charge in [0.15, 0.2) is 0 Å². The lowest BCUT2D eigenvalue weighted by molar-refractivity contribution is -0.173. The highest BCUT2D eigenvalue weighted by molar-refractivity contribution is 6.00. The van der Waals surface area contributed by atoms with Gasteiger partial charge in [-0.25, -0.2) is 13.6 Å². The zero-order valence-corrected chi connectivity index (χ0v) is 10.9. The van der Waals surface area contributed by atoms with E-state index >= 15 is 0 Å². The molecule has 2 rings (SSSR count). The van der Waals surface area contributed by atoms with Crippen LogP contribution in [0.5, 0.6) is 0 Å². The fourth-order valence-corrected chi connectivity index (χ4v) is 2.68. The summed E-state index contributed by atoms with van der Waals surface area (Å²) in [5.74, 6) is -5.08. The van der Waals surface area contributed by atoms with Crippen LogP contribution in [0.4, 0.5) is 8.78 Å². The molecule has 102 valence electrons. The standard InChI is InChI=1S/C12H17F2NO3/c1-10(2,3)8-7-11(18-15-8,9(16)17-4)5-6-12(7,13)14/h7H,5-6H2,1-4H3. The second kappa shape index (κ2) is 3.65. The van der Waals surface area contributed by atoms with Crippen molar-refractivity contribution in [3.05, 3.63) is 0 Å². The number of hydrogen-bond acceptors (Lipinski definition) is 4. The Morgan fingerprint density at radius 3 is 2.56 bits per heavy atom.